The summed E-state index contributed by atoms with van der Waals surface area (Å²) in [4.78, 5) is 12.0. The van der Waals surface area contributed by atoms with Crippen molar-refractivity contribution in [1.82, 2.24) is 16.2 Å². The second kappa shape index (κ2) is 7.63. The first kappa shape index (κ1) is 17.4. The molecule has 1 aromatic carbocycles. The molecule has 4 unspecified atom stereocenters. The number of thioether (sulfide) groups is 1. The average molecular weight is 351 g/mol. The van der Waals surface area contributed by atoms with E-state index in [1.807, 2.05) is 12.1 Å². The highest BCUT2D eigenvalue weighted by Gasteiger charge is 2.42. The van der Waals surface area contributed by atoms with Crippen LogP contribution in [-0.4, -0.2) is 37.6 Å². The number of fused-ring (bicyclic) bond motifs is 1. The quantitative estimate of drug-likeness (QED) is 0.752. The van der Waals surface area contributed by atoms with Crippen LogP contribution in [0.25, 0.3) is 0 Å². The van der Waals surface area contributed by atoms with Gasteiger partial charge in [-0.2, -0.15) is 0 Å². The number of methoxy groups -OCH3 is 1. The minimum atomic E-state index is -0.0606. The Morgan fingerprint density at radius 2 is 2.12 bits per heavy atom. The van der Waals surface area contributed by atoms with Crippen molar-refractivity contribution in [3.8, 4) is 11.5 Å². The molecule has 2 saturated heterocycles. The third-order valence-corrected chi connectivity index (χ3v) is 5.84. The maximum Gasteiger partial charge on any atom is 0.231 e. The topological polar surface area (TPSA) is 71.6 Å². The van der Waals surface area contributed by atoms with Gasteiger partial charge in [0.25, 0.3) is 0 Å². The summed E-state index contributed by atoms with van der Waals surface area (Å²) in [5, 5.41) is 3.24. The van der Waals surface area contributed by atoms with Gasteiger partial charge in [-0.1, -0.05) is 13.0 Å². The number of benzene rings is 1. The molecule has 2 aliphatic rings. The van der Waals surface area contributed by atoms with Crippen molar-refractivity contribution >= 4 is 17.7 Å². The molecule has 4 atom stereocenters. The van der Waals surface area contributed by atoms with Gasteiger partial charge in [0.15, 0.2) is 11.5 Å². The predicted molar refractivity (Wildman–Crippen MR) is 95.1 cm³/mol. The molecule has 0 saturated carbocycles. The van der Waals surface area contributed by atoms with Gasteiger partial charge in [0, 0.05) is 17.2 Å². The monoisotopic (exact) mass is 351 g/mol. The molecule has 0 aliphatic carbocycles. The maximum atomic E-state index is 12.0. The third-order valence-electron chi connectivity index (χ3n) is 4.47. The second-order valence-corrected chi connectivity index (χ2v) is 7.32. The molecule has 132 valence electrons. The first-order chi connectivity index (χ1) is 11.6. The number of carbonyl (C=O) groups excluding carboxylic acids is 1. The number of hydrogen-bond donors (Lipinski definition) is 3. The lowest BCUT2D eigenvalue weighted by Crippen LogP contribution is -2.46. The van der Waals surface area contributed by atoms with Crippen LogP contribution in [0.15, 0.2) is 18.2 Å². The molecule has 1 aromatic rings. The molecule has 0 aromatic heterocycles. The van der Waals surface area contributed by atoms with Crippen molar-refractivity contribution in [1.29, 1.82) is 0 Å². The van der Waals surface area contributed by atoms with E-state index in [9.17, 15) is 4.79 Å². The lowest BCUT2D eigenvalue weighted by atomic mass is 9.91. The molecule has 2 heterocycles. The zero-order valence-corrected chi connectivity index (χ0v) is 15.1. The minimum absolute atomic E-state index is 0.0606. The summed E-state index contributed by atoms with van der Waals surface area (Å²) in [7, 11) is 1.66. The highest BCUT2D eigenvalue weighted by Crippen LogP contribution is 2.44. The molecule has 0 bridgehead atoms. The van der Waals surface area contributed by atoms with Crippen molar-refractivity contribution in [3.63, 3.8) is 0 Å². The fourth-order valence-corrected chi connectivity index (χ4v) is 4.64. The molecule has 2 fully saturated rings. The van der Waals surface area contributed by atoms with E-state index in [0.29, 0.717) is 12.4 Å². The number of nitrogens with one attached hydrogen (secondary N) is 3. The fraction of sp³-hybridized carbons (Fsp3) is 0.588. The predicted octanol–water partition coefficient (Wildman–Crippen LogP) is 1.83. The molecule has 7 heteroatoms. The summed E-state index contributed by atoms with van der Waals surface area (Å²) >= 11 is 1.68. The van der Waals surface area contributed by atoms with Gasteiger partial charge in [-0.3, -0.25) is 10.2 Å². The van der Waals surface area contributed by atoms with Crippen molar-refractivity contribution in [2.75, 3.05) is 19.5 Å². The number of amides is 1. The van der Waals surface area contributed by atoms with E-state index in [1.54, 1.807) is 18.9 Å². The summed E-state index contributed by atoms with van der Waals surface area (Å²) in [6, 6.07) is 6.36. The molecule has 24 heavy (non-hydrogen) atoms. The zero-order chi connectivity index (χ0) is 17.1. The lowest BCUT2D eigenvalue weighted by Gasteiger charge is -2.27. The van der Waals surface area contributed by atoms with E-state index in [2.05, 4.69) is 36.1 Å². The van der Waals surface area contributed by atoms with Crippen molar-refractivity contribution in [3.05, 3.63) is 23.8 Å². The van der Waals surface area contributed by atoms with Gasteiger partial charge in [-0.15, -0.1) is 11.8 Å². The van der Waals surface area contributed by atoms with E-state index in [-0.39, 0.29) is 29.3 Å². The van der Waals surface area contributed by atoms with E-state index >= 15 is 0 Å². The van der Waals surface area contributed by atoms with Crippen LogP contribution in [0.4, 0.5) is 0 Å². The van der Waals surface area contributed by atoms with Crippen molar-refractivity contribution < 1.29 is 14.3 Å². The standard InChI is InChI=1S/C17H25N3O3S/c1-4-7-23-12-6-5-11(8-13(12)22-3)16-15-10(2)19-20-17(15)18-14(21)9-24-16/h5-6,8,10,15-17,19-20H,4,7,9H2,1-3H3,(H,18,21). The van der Waals surface area contributed by atoms with Crippen LogP contribution in [-0.2, 0) is 4.79 Å². The first-order valence-corrected chi connectivity index (χ1v) is 9.41. The summed E-state index contributed by atoms with van der Waals surface area (Å²) in [5.41, 5.74) is 7.60. The smallest absolute Gasteiger partial charge is 0.231 e. The molecule has 0 spiro atoms. The Kier molecular flexibility index (Phi) is 5.53. The summed E-state index contributed by atoms with van der Waals surface area (Å²) in [5.74, 6) is 2.29. The summed E-state index contributed by atoms with van der Waals surface area (Å²) < 4.78 is 11.3. The largest absolute Gasteiger partial charge is 0.493 e. The molecule has 2 aliphatic heterocycles. The van der Waals surface area contributed by atoms with E-state index in [1.165, 1.54) is 0 Å². The normalized spacial score (nSPS) is 29.5. The van der Waals surface area contributed by atoms with Crippen LogP contribution >= 0.6 is 11.8 Å². The molecule has 3 N–H and O–H groups in total. The zero-order valence-electron chi connectivity index (χ0n) is 14.3. The number of rotatable bonds is 5. The molecular weight excluding hydrogens is 326 g/mol. The van der Waals surface area contributed by atoms with E-state index < -0.39 is 0 Å². The number of hydrazine groups is 1. The highest BCUT2D eigenvalue weighted by molar-refractivity contribution is 8.00. The van der Waals surface area contributed by atoms with Crippen LogP contribution in [0, 0.1) is 5.92 Å². The molecular formula is C17H25N3O3S. The second-order valence-electron chi connectivity index (χ2n) is 6.19. The lowest BCUT2D eigenvalue weighted by molar-refractivity contribution is -0.119. The highest BCUT2D eigenvalue weighted by atomic mass is 32.2. The maximum absolute atomic E-state index is 12.0. The molecule has 1 amide bonds. The Morgan fingerprint density at radius 3 is 2.88 bits per heavy atom. The van der Waals surface area contributed by atoms with Gasteiger partial charge in [0.2, 0.25) is 5.91 Å². The number of carbonyl (C=O) groups is 1. The molecule has 0 radical (unpaired) electrons. The van der Waals surface area contributed by atoms with Crippen molar-refractivity contribution in [2.45, 2.75) is 37.7 Å². The fourth-order valence-electron chi connectivity index (χ4n) is 3.27. The first-order valence-electron chi connectivity index (χ1n) is 8.36. The Hall–Kier alpha value is -1.44. The Morgan fingerprint density at radius 1 is 1.29 bits per heavy atom. The Balaban J connectivity index is 1.89. The van der Waals surface area contributed by atoms with E-state index in [0.717, 1.165) is 23.5 Å². The minimum Gasteiger partial charge on any atom is -0.493 e. The summed E-state index contributed by atoms with van der Waals surface area (Å²) in [6.07, 6.45) is 0.894. The Labute approximate surface area is 147 Å². The van der Waals surface area contributed by atoms with Gasteiger partial charge in [-0.05, 0) is 31.0 Å². The van der Waals surface area contributed by atoms with Gasteiger partial charge in [0.1, 0.15) is 0 Å². The van der Waals surface area contributed by atoms with Gasteiger partial charge >= 0.3 is 0 Å². The van der Waals surface area contributed by atoms with Gasteiger partial charge < -0.3 is 14.8 Å². The van der Waals surface area contributed by atoms with Gasteiger partial charge in [0.05, 0.1) is 25.6 Å². The van der Waals surface area contributed by atoms with Crippen LogP contribution < -0.4 is 25.6 Å². The molecule has 6 nitrogen and oxygen atoms in total. The van der Waals surface area contributed by atoms with Crippen LogP contribution in [0.2, 0.25) is 0 Å². The van der Waals surface area contributed by atoms with E-state index in [4.69, 9.17) is 9.47 Å². The summed E-state index contributed by atoms with van der Waals surface area (Å²) in [6.45, 7) is 4.88. The molecule has 3 rings (SSSR count). The third kappa shape index (κ3) is 3.48. The number of ether oxygens (including phenoxy) is 2. The number of hydrogen-bond acceptors (Lipinski definition) is 6. The SMILES string of the molecule is CCCOc1ccc(C2SCC(=O)NC3NNC(C)C32)cc1OC. The van der Waals surface area contributed by atoms with Crippen LogP contribution in [0.5, 0.6) is 11.5 Å². The van der Waals surface area contributed by atoms with Gasteiger partial charge in [-0.25, -0.2) is 5.43 Å². The van der Waals surface area contributed by atoms with Crippen molar-refractivity contribution in [2.24, 2.45) is 5.92 Å². The van der Waals surface area contributed by atoms with Crippen LogP contribution in [0.3, 0.4) is 0 Å². The van der Waals surface area contributed by atoms with Crippen LogP contribution in [0.1, 0.15) is 31.1 Å². The average Bonchev–Trinajstić information content (AvgIpc) is 2.84. The Bertz CT molecular complexity index is 598.